The molecule has 3 amide bonds. The molecule has 0 aliphatic heterocycles. The van der Waals surface area contributed by atoms with Crippen molar-refractivity contribution in [2.24, 2.45) is 0 Å². The lowest BCUT2D eigenvalue weighted by atomic mass is 9.91. The normalized spacial score (nSPS) is 16.7. The molecule has 0 unspecified atom stereocenters. The summed E-state index contributed by atoms with van der Waals surface area (Å²) in [6, 6.07) is 36.1. The Morgan fingerprint density at radius 2 is 0.654 bits per heavy atom. The second-order valence-corrected chi connectivity index (χ2v) is 21.5. The predicted molar refractivity (Wildman–Crippen MR) is 306 cm³/mol. The molecule has 402 valence electrons. The van der Waals surface area contributed by atoms with Gasteiger partial charge in [0, 0.05) is 102 Å². The number of aromatic amines is 3. The largest absolute Gasteiger partial charge is 0.358 e. The van der Waals surface area contributed by atoms with E-state index in [1.807, 2.05) is 54.6 Å². The van der Waals surface area contributed by atoms with Gasteiger partial charge in [-0.3, -0.25) is 14.4 Å². The summed E-state index contributed by atoms with van der Waals surface area (Å²) >= 11 is 0. The van der Waals surface area contributed by atoms with E-state index in [0.717, 1.165) is 91.4 Å². The number of amides is 3. The van der Waals surface area contributed by atoms with E-state index in [1.165, 1.54) is 123 Å². The lowest BCUT2D eigenvalue weighted by Crippen LogP contribution is -2.33. The number of carbonyl (C=O) groups is 3. The Labute approximate surface area is 452 Å². The highest BCUT2D eigenvalue weighted by Gasteiger charge is 2.27. The molecule has 6 N–H and O–H groups in total. The molecule has 0 saturated carbocycles. The molecule has 0 bridgehead atoms. The molecule has 6 aromatic carbocycles. The fourth-order valence-electron chi connectivity index (χ4n) is 11.2. The summed E-state index contributed by atoms with van der Waals surface area (Å²) in [4.78, 5) is 54.5. The number of aryl methyl sites for hydroxylation is 3. The molecular formula is C63H66F3N9O3. The maximum atomic E-state index is 13.0. The summed E-state index contributed by atoms with van der Waals surface area (Å²) in [7, 11) is 12.7. The van der Waals surface area contributed by atoms with E-state index >= 15 is 0 Å². The molecule has 78 heavy (non-hydrogen) atoms. The van der Waals surface area contributed by atoms with E-state index in [4.69, 9.17) is 0 Å². The summed E-state index contributed by atoms with van der Waals surface area (Å²) in [6.45, 7) is 0. The summed E-state index contributed by atoms with van der Waals surface area (Å²) in [5, 5.41) is 12.3. The first-order valence-corrected chi connectivity index (χ1v) is 26.6. The molecule has 15 heteroatoms. The van der Waals surface area contributed by atoms with E-state index in [2.05, 4.69) is 87.9 Å². The minimum atomic E-state index is -0.350. The topological polar surface area (TPSA) is 144 Å². The van der Waals surface area contributed by atoms with Crippen molar-refractivity contribution in [1.82, 2.24) is 29.7 Å². The van der Waals surface area contributed by atoms with Gasteiger partial charge in [-0.25, -0.2) is 13.2 Å². The van der Waals surface area contributed by atoms with Crippen molar-refractivity contribution in [1.29, 1.82) is 0 Å². The third-order valence-corrected chi connectivity index (χ3v) is 15.8. The van der Waals surface area contributed by atoms with Crippen LogP contribution >= 0.6 is 0 Å². The molecule has 3 heterocycles. The number of anilines is 3. The molecule has 3 aliphatic carbocycles. The van der Waals surface area contributed by atoms with Gasteiger partial charge in [-0.1, -0.05) is 0 Å². The number of nitrogens with zero attached hydrogens (tertiary/aromatic N) is 3. The zero-order chi connectivity index (χ0) is 54.8. The number of hydrogen-bond acceptors (Lipinski definition) is 6. The predicted octanol–water partition coefficient (Wildman–Crippen LogP) is 11.9. The van der Waals surface area contributed by atoms with Gasteiger partial charge in [-0.2, -0.15) is 0 Å². The van der Waals surface area contributed by atoms with Gasteiger partial charge in [0.1, 0.15) is 17.5 Å². The lowest BCUT2D eigenvalue weighted by molar-refractivity contribution is 0.101. The van der Waals surface area contributed by atoms with E-state index in [0.29, 0.717) is 34.8 Å². The smallest absolute Gasteiger partial charge is 0.255 e. The number of rotatable bonds is 9. The van der Waals surface area contributed by atoms with Crippen LogP contribution in [0.15, 0.2) is 127 Å². The first-order chi connectivity index (χ1) is 37.5. The van der Waals surface area contributed by atoms with Gasteiger partial charge in [0.05, 0.1) is 0 Å². The minimum Gasteiger partial charge on any atom is -0.358 e. The summed E-state index contributed by atoms with van der Waals surface area (Å²) in [5.41, 5.74) is 14.9. The van der Waals surface area contributed by atoms with Crippen molar-refractivity contribution >= 4 is 67.5 Å². The van der Waals surface area contributed by atoms with Crippen LogP contribution < -0.4 is 16.0 Å². The number of carbonyl (C=O) groups excluding carboxylic acids is 3. The fourth-order valence-corrected chi connectivity index (χ4v) is 11.2. The third-order valence-electron chi connectivity index (χ3n) is 15.8. The van der Waals surface area contributed by atoms with E-state index < -0.39 is 0 Å². The number of H-pyrrole nitrogens is 3. The molecule has 3 aliphatic rings. The van der Waals surface area contributed by atoms with Crippen LogP contribution in [0.1, 0.15) is 84.1 Å². The van der Waals surface area contributed by atoms with Crippen molar-refractivity contribution in [3.05, 3.63) is 195 Å². The van der Waals surface area contributed by atoms with E-state index in [9.17, 15) is 27.6 Å². The van der Waals surface area contributed by atoms with Crippen molar-refractivity contribution in [3.8, 4) is 0 Å². The van der Waals surface area contributed by atoms with Crippen LogP contribution in [0, 0.1) is 17.5 Å². The molecule has 9 aromatic rings. The Balaban J connectivity index is 0.000000132. The molecule has 3 aromatic heterocycles. The number of benzene rings is 6. The van der Waals surface area contributed by atoms with Crippen LogP contribution in [0.25, 0.3) is 32.7 Å². The Morgan fingerprint density at radius 1 is 0.397 bits per heavy atom. The first kappa shape index (κ1) is 53.4. The SMILES string of the molecule is CN(C)[C@@H]1CCc2[nH]c3ccc(NC(=O)c4ccc(F)cc4)cc3c2C1.CN(C)[C@@H]1CCc2[nH]c3ccc(NC(=O)c4ccc(F)cc4)cc3c2C1.CN(C)[C@@H]1CCc2[nH]c3ccc(NC(=O)c4ccc(F)cc4)cc3c2C1. The Kier molecular flexibility index (Phi) is 15.7. The quantitative estimate of drug-likeness (QED) is 0.0849. The third kappa shape index (κ3) is 11.9. The van der Waals surface area contributed by atoms with Gasteiger partial charge in [0.15, 0.2) is 0 Å². The number of halogens is 3. The maximum absolute atomic E-state index is 13.0. The number of hydrogen-bond donors (Lipinski definition) is 6. The van der Waals surface area contributed by atoms with Gasteiger partial charge >= 0.3 is 0 Å². The zero-order valence-corrected chi connectivity index (χ0v) is 44.9. The van der Waals surface area contributed by atoms with Gasteiger partial charge in [0.25, 0.3) is 17.7 Å². The summed E-state index contributed by atoms with van der Waals surface area (Å²) < 4.78 is 39.1. The van der Waals surface area contributed by atoms with Crippen molar-refractivity contribution in [3.63, 3.8) is 0 Å². The second kappa shape index (κ2) is 22.9. The first-order valence-electron chi connectivity index (χ1n) is 26.6. The molecular weight excluding hydrogens is 988 g/mol. The summed E-state index contributed by atoms with van der Waals surface area (Å²) in [5.74, 6) is -1.76. The van der Waals surface area contributed by atoms with Crippen LogP contribution in [0.4, 0.5) is 30.2 Å². The standard InChI is InChI=1S/3C21H22FN3O/c3*1-25(2)16-8-10-20-18(12-16)17-11-15(7-9-19(17)24-20)23-21(26)13-3-5-14(22)6-4-13/h3*3-7,9,11,16,24H,8,10,12H2,1-2H3,(H,23,26)/t3*16-/m111/s1. The van der Waals surface area contributed by atoms with Crippen molar-refractivity contribution in [2.45, 2.75) is 75.9 Å². The van der Waals surface area contributed by atoms with Crippen molar-refractivity contribution < 1.29 is 27.6 Å². The van der Waals surface area contributed by atoms with Gasteiger partial charge in [-0.15, -0.1) is 0 Å². The summed E-state index contributed by atoms with van der Waals surface area (Å²) in [6.07, 6.45) is 9.63. The molecule has 0 saturated heterocycles. The molecule has 12 rings (SSSR count). The van der Waals surface area contributed by atoms with Crippen LogP contribution in [0.3, 0.4) is 0 Å². The number of fused-ring (bicyclic) bond motifs is 9. The number of likely N-dealkylation sites (N-methyl/N-ethyl adjacent to an activating group) is 3. The van der Waals surface area contributed by atoms with E-state index in [-0.39, 0.29) is 35.2 Å². The highest BCUT2D eigenvalue weighted by atomic mass is 19.1. The molecule has 12 nitrogen and oxygen atoms in total. The lowest BCUT2D eigenvalue weighted by Gasteiger charge is -2.28. The average Bonchev–Trinajstić information content (AvgIpc) is 4.23. The molecule has 0 fully saturated rings. The Morgan fingerprint density at radius 3 is 0.897 bits per heavy atom. The second-order valence-electron chi connectivity index (χ2n) is 21.5. The highest BCUT2D eigenvalue weighted by molar-refractivity contribution is 6.07. The van der Waals surface area contributed by atoms with Crippen LogP contribution in [0.5, 0.6) is 0 Å². The molecule has 0 spiro atoms. The zero-order valence-electron chi connectivity index (χ0n) is 44.9. The molecule has 0 radical (unpaired) electrons. The van der Waals surface area contributed by atoms with Crippen molar-refractivity contribution in [2.75, 3.05) is 58.2 Å². The molecule has 3 atom stereocenters. The Bertz CT molecular complexity index is 3260. The van der Waals surface area contributed by atoms with Gasteiger partial charge in [-0.05, 0) is 244 Å². The number of nitrogens with one attached hydrogen (secondary N) is 6. The van der Waals surface area contributed by atoms with Gasteiger partial charge < -0.3 is 45.6 Å². The van der Waals surface area contributed by atoms with Gasteiger partial charge in [0.2, 0.25) is 0 Å². The fraction of sp³-hybridized carbons (Fsp3) is 0.286. The van der Waals surface area contributed by atoms with E-state index in [1.54, 1.807) is 0 Å². The monoisotopic (exact) mass is 1050 g/mol. The highest BCUT2D eigenvalue weighted by Crippen LogP contribution is 2.35. The Hall–Kier alpha value is -7.98. The number of aromatic nitrogens is 3. The minimum absolute atomic E-state index is 0.236. The van der Waals surface area contributed by atoms with Crippen LogP contribution in [-0.4, -0.2) is 108 Å². The van der Waals surface area contributed by atoms with Crippen LogP contribution in [0.2, 0.25) is 0 Å². The maximum Gasteiger partial charge on any atom is 0.255 e. The van der Waals surface area contributed by atoms with Crippen LogP contribution in [-0.2, 0) is 38.5 Å². The average molecular weight is 1050 g/mol.